The van der Waals surface area contributed by atoms with Crippen molar-refractivity contribution in [3.8, 4) is 0 Å². The molecule has 0 saturated carbocycles. The highest BCUT2D eigenvalue weighted by molar-refractivity contribution is 5.86. The Balaban J connectivity index is 1.98. The van der Waals surface area contributed by atoms with Gasteiger partial charge in [0, 0.05) is 6.20 Å². The van der Waals surface area contributed by atoms with Crippen molar-refractivity contribution < 1.29 is 4.79 Å². The molecule has 88 valence electrons. The molecule has 0 fully saturated rings. The summed E-state index contributed by atoms with van der Waals surface area (Å²) in [5.74, 6) is 0.432. The van der Waals surface area contributed by atoms with Crippen LogP contribution in [0.15, 0.2) is 24.7 Å². The molecule has 2 heterocycles. The second-order valence-electron chi connectivity index (χ2n) is 3.32. The molecule has 2 amide bonds. The van der Waals surface area contributed by atoms with Gasteiger partial charge < -0.3 is 5.73 Å². The minimum absolute atomic E-state index is 0.432. The van der Waals surface area contributed by atoms with Crippen molar-refractivity contribution in [2.45, 2.75) is 13.0 Å². The fourth-order valence-electron chi connectivity index (χ4n) is 1.34. The van der Waals surface area contributed by atoms with Crippen molar-refractivity contribution in [1.82, 2.24) is 25.2 Å². The molecule has 8 nitrogen and oxygen atoms in total. The Morgan fingerprint density at radius 1 is 1.53 bits per heavy atom. The molecule has 0 bridgehead atoms. The Morgan fingerprint density at radius 2 is 2.41 bits per heavy atom. The summed E-state index contributed by atoms with van der Waals surface area (Å²) in [5.41, 5.74) is 6.00. The fourth-order valence-corrected chi connectivity index (χ4v) is 1.34. The molecule has 0 atom stereocenters. The van der Waals surface area contributed by atoms with Gasteiger partial charge in [-0.25, -0.2) is 9.78 Å². The second-order valence-corrected chi connectivity index (χ2v) is 3.32. The number of aromatic nitrogens is 5. The summed E-state index contributed by atoms with van der Waals surface area (Å²) in [6.45, 7) is 0.611. The van der Waals surface area contributed by atoms with Crippen LogP contribution in [0.5, 0.6) is 0 Å². The number of hydrogen-bond acceptors (Lipinski definition) is 5. The highest BCUT2D eigenvalue weighted by atomic mass is 16.2. The molecule has 0 saturated heterocycles. The van der Waals surface area contributed by atoms with Crippen LogP contribution in [0.2, 0.25) is 0 Å². The molecule has 0 unspecified atom stereocenters. The van der Waals surface area contributed by atoms with Gasteiger partial charge in [0.2, 0.25) is 0 Å². The summed E-state index contributed by atoms with van der Waals surface area (Å²) in [5, 5.41) is 13.7. The van der Waals surface area contributed by atoms with Crippen LogP contribution in [0.25, 0.3) is 0 Å². The van der Waals surface area contributed by atoms with Gasteiger partial charge in [-0.3, -0.25) is 5.32 Å². The van der Waals surface area contributed by atoms with Crippen LogP contribution in [0.3, 0.4) is 0 Å². The molecule has 8 heteroatoms. The highest BCUT2D eigenvalue weighted by Gasteiger charge is 2.01. The summed E-state index contributed by atoms with van der Waals surface area (Å²) in [6.07, 6.45) is 3.70. The zero-order valence-corrected chi connectivity index (χ0v) is 8.95. The van der Waals surface area contributed by atoms with Gasteiger partial charge in [-0.2, -0.15) is 4.80 Å². The van der Waals surface area contributed by atoms with Crippen molar-refractivity contribution in [3.05, 3.63) is 30.2 Å². The third-order valence-electron chi connectivity index (χ3n) is 2.07. The minimum atomic E-state index is -0.632. The van der Waals surface area contributed by atoms with E-state index in [0.29, 0.717) is 18.8 Å². The van der Waals surface area contributed by atoms with Crippen molar-refractivity contribution in [1.29, 1.82) is 0 Å². The molecule has 2 aromatic rings. The number of tetrazole rings is 1. The fraction of sp³-hybridized carbons (Fsp3) is 0.222. The number of nitrogens with two attached hydrogens (primary N) is 1. The molecule has 17 heavy (non-hydrogen) atoms. The van der Waals surface area contributed by atoms with E-state index in [0.717, 1.165) is 5.56 Å². The van der Waals surface area contributed by atoms with Crippen LogP contribution in [0.4, 0.5) is 10.6 Å². The lowest BCUT2D eigenvalue weighted by Crippen LogP contribution is -2.20. The Kier molecular flexibility index (Phi) is 3.24. The standard InChI is InChI=1S/C9H11N7O/c10-9(17)14-8-5-7(1-3-11-8)2-4-16-13-6-12-15-16/h1,3,5-6H,2,4H2,(H3,10,11,14,17). The summed E-state index contributed by atoms with van der Waals surface area (Å²) < 4.78 is 0. The van der Waals surface area contributed by atoms with Crippen LogP contribution in [-0.2, 0) is 13.0 Å². The van der Waals surface area contributed by atoms with Gasteiger partial charge in [0.15, 0.2) is 6.33 Å². The monoisotopic (exact) mass is 233 g/mol. The Bertz CT molecular complexity index is 496. The van der Waals surface area contributed by atoms with Gasteiger partial charge in [0.05, 0.1) is 6.54 Å². The number of hydrogen-bond donors (Lipinski definition) is 2. The molecule has 0 aliphatic rings. The van der Waals surface area contributed by atoms with Gasteiger partial charge in [0.1, 0.15) is 5.82 Å². The topological polar surface area (TPSA) is 112 Å². The van der Waals surface area contributed by atoms with Crippen molar-refractivity contribution >= 4 is 11.8 Å². The molecule has 2 rings (SSSR count). The molecule has 0 radical (unpaired) electrons. The maximum atomic E-state index is 10.7. The first-order valence-electron chi connectivity index (χ1n) is 4.96. The third kappa shape index (κ3) is 3.23. The van der Waals surface area contributed by atoms with Gasteiger partial charge in [-0.15, -0.1) is 10.2 Å². The van der Waals surface area contributed by atoms with Crippen LogP contribution in [0.1, 0.15) is 5.56 Å². The Morgan fingerprint density at radius 3 is 3.12 bits per heavy atom. The van der Waals surface area contributed by atoms with Gasteiger partial charge in [-0.1, -0.05) is 0 Å². The molecule has 0 spiro atoms. The number of carbonyl (C=O) groups is 1. The first kappa shape index (κ1) is 11.0. The van der Waals surface area contributed by atoms with E-state index in [1.807, 2.05) is 6.07 Å². The summed E-state index contributed by atoms with van der Waals surface area (Å²) in [7, 11) is 0. The van der Waals surface area contributed by atoms with Crippen molar-refractivity contribution in [2.75, 3.05) is 5.32 Å². The van der Waals surface area contributed by atoms with Crippen molar-refractivity contribution in [2.24, 2.45) is 5.73 Å². The second kappa shape index (κ2) is 5.01. The van der Waals surface area contributed by atoms with E-state index in [4.69, 9.17) is 5.73 Å². The molecule has 0 aromatic carbocycles. The lowest BCUT2D eigenvalue weighted by molar-refractivity contribution is 0.259. The average Bonchev–Trinajstić information content (AvgIpc) is 2.79. The number of nitrogens with zero attached hydrogens (tertiary/aromatic N) is 5. The number of nitrogens with one attached hydrogen (secondary N) is 1. The largest absolute Gasteiger partial charge is 0.351 e. The maximum absolute atomic E-state index is 10.7. The SMILES string of the molecule is NC(=O)Nc1cc(CCn2ncnn2)ccn1. The smallest absolute Gasteiger partial charge is 0.317 e. The third-order valence-corrected chi connectivity index (χ3v) is 2.07. The molecule has 0 aliphatic carbocycles. The zero-order chi connectivity index (χ0) is 12.1. The number of amides is 2. The molecule has 2 aromatic heterocycles. The summed E-state index contributed by atoms with van der Waals surface area (Å²) in [4.78, 5) is 16.1. The lowest BCUT2D eigenvalue weighted by Gasteiger charge is -2.04. The zero-order valence-electron chi connectivity index (χ0n) is 8.95. The number of rotatable bonds is 4. The van der Waals surface area contributed by atoms with Crippen LogP contribution < -0.4 is 11.1 Å². The van der Waals surface area contributed by atoms with E-state index in [-0.39, 0.29) is 0 Å². The average molecular weight is 233 g/mol. The van der Waals surface area contributed by atoms with Gasteiger partial charge >= 0.3 is 6.03 Å². The quantitative estimate of drug-likeness (QED) is 0.759. The highest BCUT2D eigenvalue weighted by Crippen LogP contribution is 2.07. The molecular formula is C9H11N7O. The van der Waals surface area contributed by atoms with E-state index >= 15 is 0 Å². The molecule has 3 N–H and O–H groups in total. The summed E-state index contributed by atoms with van der Waals surface area (Å²) in [6, 6.07) is 2.97. The normalized spacial score (nSPS) is 10.1. The number of anilines is 1. The number of primary amides is 1. The van der Waals surface area contributed by atoms with Gasteiger partial charge in [0.25, 0.3) is 0 Å². The van der Waals surface area contributed by atoms with E-state index in [2.05, 4.69) is 25.7 Å². The Hall–Kier alpha value is -2.51. The van der Waals surface area contributed by atoms with E-state index < -0.39 is 6.03 Å². The first-order chi connectivity index (χ1) is 8.24. The predicted molar refractivity (Wildman–Crippen MR) is 59.0 cm³/mol. The number of pyridine rings is 1. The number of urea groups is 1. The van der Waals surface area contributed by atoms with E-state index in [1.54, 1.807) is 12.3 Å². The van der Waals surface area contributed by atoms with Crippen LogP contribution in [-0.4, -0.2) is 31.2 Å². The van der Waals surface area contributed by atoms with Crippen molar-refractivity contribution in [3.63, 3.8) is 0 Å². The van der Waals surface area contributed by atoms with Crippen LogP contribution in [0, 0.1) is 0 Å². The van der Waals surface area contributed by atoms with Gasteiger partial charge in [-0.05, 0) is 29.3 Å². The summed E-state index contributed by atoms with van der Waals surface area (Å²) >= 11 is 0. The minimum Gasteiger partial charge on any atom is -0.351 e. The first-order valence-corrected chi connectivity index (χ1v) is 4.96. The Labute approximate surface area is 96.8 Å². The maximum Gasteiger partial charge on any atom is 0.317 e. The molecule has 0 aliphatic heterocycles. The predicted octanol–water partition coefficient (Wildman–Crippen LogP) is -0.199. The lowest BCUT2D eigenvalue weighted by atomic mass is 10.2. The van der Waals surface area contributed by atoms with E-state index in [1.165, 1.54) is 11.1 Å². The number of aryl methyl sites for hydroxylation is 2. The number of carbonyl (C=O) groups excluding carboxylic acids is 1. The van der Waals surface area contributed by atoms with E-state index in [9.17, 15) is 4.79 Å². The molecular weight excluding hydrogens is 222 g/mol. The van der Waals surface area contributed by atoms with Crippen LogP contribution >= 0.6 is 0 Å².